The molecule has 0 aromatic heterocycles. The second-order valence-electron chi connectivity index (χ2n) is 3.62. The summed E-state index contributed by atoms with van der Waals surface area (Å²) < 4.78 is 0. The predicted molar refractivity (Wildman–Crippen MR) is 66.1 cm³/mol. The molecule has 0 aliphatic heterocycles. The van der Waals surface area contributed by atoms with Crippen molar-refractivity contribution in [3.63, 3.8) is 0 Å². The zero-order valence-electron chi connectivity index (χ0n) is 9.19. The van der Waals surface area contributed by atoms with E-state index in [1.807, 2.05) is 36.4 Å². The molecule has 0 saturated heterocycles. The monoisotopic (exact) mass is 228 g/mol. The first-order valence-electron chi connectivity index (χ1n) is 5.28. The van der Waals surface area contributed by atoms with Gasteiger partial charge in [-0.05, 0) is 17.7 Å². The van der Waals surface area contributed by atoms with E-state index in [0.29, 0.717) is 5.69 Å². The summed E-state index contributed by atoms with van der Waals surface area (Å²) in [5.41, 5.74) is 1.49. The molecule has 17 heavy (non-hydrogen) atoms. The van der Waals surface area contributed by atoms with Crippen molar-refractivity contribution in [1.82, 2.24) is 0 Å². The normalized spacial score (nSPS) is 9.88. The van der Waals surface area contributed by atoms with Crippen LogP contribution in [0.5, 0.6) is 0 Å². The Morgan fingerprint density at radius 1 is 0.941 bits per heavy atom. The average Bonchev–Trinajstić information content (AvgIpc) is 2.38. The van der Waals surface area contributed by atoms with Crippen LogP contribution in [-0.4, -0.2) is 5.03 Å². The maximum absolute atomic E-state index is 11.0. The number of nitro groups is 1. The second-order valence-corrected chi connectivity index (χ2v) is 3.62. The Balaban J connectivity index is 2.23. The number of nitrogens with zero attached hydrogens (tertiary/aromatic N) is 2. The molecular formula is C13H12N2O2. The molecule has 4 nitrogen and oxygen atoms in total. The maximum Gasteiger partial charge on any atom is 0.165 e. The van der Waals surface area contributed by atoms with E-state index in [4.69, 9.17) is 0 Å². The van der Waals surface area contributed by atoms with Crippen LogP contribution in [0.1, 0.15) is 5.56 Å². The van der Waals surface area contributed by atoms with E-state index in [0.717, 1.165) is 10.6 Å². The van der Waals surface area contributed by atoms with E-state index in [-0.39, 0.29) is 11.6 Å². The molecule has 0 heterocycles. The Labute approximate surface area is 99.2 Å². The molecule has 0 spiro atoms. The lowest BCUT2D eigenvalue weighted by atomic mass is 10.2. The van der Waals surface area contributed by atoms with E-state index < -0.39 is 0 Å². The summed E-state index contributed by atoms with van der Waals surface area (Å²) in [7, 11) is 0. The molecule has 0 aliphatic carbocycles. The summed E-state index contributed by atoms with van der Waals surface area (Å²) in [5, 5.41) is 11.8. The smallest absolute Gasteiger partial charge is 0.165 e. The number of para-hydroxylation sites is 1. The third kappa shape index (κ3) is 2.81. The molecule has 2 aromatic carbocycles. The van der Waals surface area contributed by atoms with Gasteiger partial charge in [0.15, 0.2) is 5.03 Å². The highest BCUT2D eigenvalue weighted by Crippen LogP contribution is 2.16. The van der Waals surface area contributed by atoms with Gasteiger partial charge in [0.05, 0.1) is 0 Å². The average molecular weight is 228 g/mol. The highest BCUT2D eigenvalue weighted by molar-refractivity contribution is 5.43. The van der Waals surface area contributed by atoms with Crippen molar-refractivity contribution in [2.45, 2.75) is 6.54 Å². The first-order valence-corrected chi connectivity index (χ1v) is 5.28. The van der Waals surface area contributed by atoms with Gasteiger partial charge in [-0.2, -0.15) is 0 Å². The fourth-order valence-electron chi connectivity index (χ4n) is 1.60. The minimum absolute atomic E-state index is 0.262. The van der Waals surface area contributed by atoms with Gasteiger partial charge in [-0.1, -0.05) is 53.5 Å². The summed E-state index contributed by atoms with van der Waals surface area (Å²) in [5.74, 6) is 0. The molecule has 0 amide bonds. The highest BCUT2D eigenvalue weighted by Gasteiger charge is 2.16. The number of benzene rings is 2. The Morgan fingerprint density at radius 2 is 1.47 bits per heavy atom. The number of hydrazine groups is 1. The van der Waals surface area contributed by atoms with Crippen molar-refractivity contribution >= 4 is 5.69 Å². The van der Waals surface area contributed by atoms with Gasteiger partial charge in [-0.3, -0.25) is 0 Å². The van der Waals surface area contributed by atoms with Gasteiger partial charge in [0.25, 0.3) is 0 Å². The summed E-state index contributed by atoms with van der Waals surface area (Å²) in [6.45, 7) is 0.262. The van der Waals surface area contributed by atoms with Crippen molar-refractivity contribution in [1.29, 1.82) is 0 Å². The maximum atomic E-state index is 11.0. The fraction of sp³-hybridized carbons (Fsp3) is 0.0769. The van der Waals surface area contributed by atoms with Gasteiger partial charge in [0.1, 0.15) is 12.2 Å². The Hall–Kier alpha value is -2.36. The largest absolute Gasteiger partial charge is 0.234 e. The predicted octanol–water partition coefficient (Wildman–Crippen LogP) is 2.88. The van der Waals surface area contributed by atoms with Crippen molar-refractivity contribution in [3.05, 3.63) is 76.3 Å². The van der Waals surface area contributed by atoms with Gasteiger partial charge >= 0.3 is 0 Å². The molecule has 0 aliphatic rings. The summed E-state index contributed by atoms with van der Waals surface area (Å²) in [4.78, 5) is 11.0. The van der Waals surface area contributed by atoms with E-state index in [9.17, 15) is 10.1 Å². The van der Waals surface area contributed by atoms with Gasteiger partial charge in [-0.15, -0.1) is 0 Å². The molecule has 0 bridgehead atoms. The van der Waals surface area contributed by atoms with Crippen LogP contribution in [0.2, 0.25) is 0 Å². The van der Waals surface area contributed by atoms with Crippen LogP contribution in [-0.2, 0) is 6.54 Å². The minimum Gasteiger partial charge on any atom is -0.234 e. The van der Waals surface area contributed by atoms with E-state index in [1.165, 1.54) is 0 Å². The van der Waals surface area contributed by atoms with Crippen molar-refractivity contribution < 1.29 is 5.03 Å². The fourth-order valence-corrected chi connectivity index (χ4v) is 1.60. The third-order valence-corrected chi connectivity index (χ3v) is 2.43. The molecule has 0 radical (unpaired) electrons. The van der Waals surface area contributed by atoms with E-state index in [2.05, 4.69) is 0 Å². The Bertz CT molecular complexity index is 485. The SMILES string of the molecule is O=[N+]([O-])N(Cc1ccccc1)c1ccccc1. The molecule has 0 N–H and O–H groups in total. The summed E-state index contributed by atoms with van der Waals surface area (Å²) in [6.07, 6.45) is 0. The van der Waals surface area contributed by atoms with Crippen LogP contribution in [0.3, 0.4) is 0 Å². The lowest BCUT2D eigenvalue weighted by molar-refractivity contribution is -0.496. The first-order chi connectivity index (χ1) is 8.27. The van der Waals surface area contributed by atoms with Crippen molar-refractivity contribution in [3.8, 4) is 0 Å². The Morgan fingerprint density at radius 3 is 2.00 bits per heavy atom. The van der Waals surface area contributed by atoms with Crippen LogP contribution < -0.4 is 5.01 Å². The standard InChI is InChI=1S/C13H12N2O2/c16-15(17)14(13-9-5-2-6-10-13)11-12-7-3-1-4-8-12/h1-10H,11H2. The van der Waals surface area contributed by atoms with Gasteiger partial charge < -0.3 is 0 Å². The molecule has 2 aromatic rings. The van der Waals surface area contributed by atoms with Crippen LogP contribution in [0.25, 0.3) is 0 Å². The van der Waals surface area contributed by atoms with Crippen LogP contribution in [0.15, 0.2) is 60.7 Å². The molecule has 0 saturated carbocycles. The van der Waals surface area contributed by atoms with Gasteiger partial charge in [-0.25, -0.2) is 10.1 Å². The molecule has 4 heteroatoms. The van der Waals surface area contributed by atoms with Gasteiger partial charge in [0.2, 0.25) is 0 Å². The van der Waals surface area contributed by atoms with Crippen molar-refractivity contribution in [2.24, 2.45) is 0 Å². The quantitative estimate of drug-likeness (QED) is 0.597. The lowest BCUT2D eigenvalue weighted by Gasteiger charge is -2.13. The van der Waals surface area contributed by atoms with E-state index in [1.54, 1.807) is 24.3 Å². The van der Waals surface area contributed by atoms with Crippen LogP contribution in [0.4, 0.5) is 5.69 Å². The molecule has 86 valence electrons. The number of anilines is 1. The van der Waals surface area contributed by atoms with Crippen molar-refractivity contribution in [2.75, 3.05) is 5.01 Å². The molecule has 0 atom stereocenters. The zero-order chi connectivity index (χ0) is 12.1. The zero-order valence-corrected chi connectivity index (χ0v) is 9.19. The topological polar surface area (TPSA) is 46.4 Å². The number of hydrogen-bond donors (Lipinski definition) is 0. The number of rotatable bonds is 4. The van der Waals surface area contributed by atoms with Crippen LogP contribution >= 0.6 is 0 Å². The molecular weight excluding hydrogens is 216 g/mol. The highest BCUT2D eigenvalue weighted by atomic mass is 16.7. The summed E-state index contributed by atoms with van der Waals surface area (Å²) in [6, 6.07) is 18.3. The Kier molecular flexibility index (Phi) is 3.35. The molecule has 0 unspecified atom stereocenters. The number of hydrogen-bond acceptors (Lipinski definition) is 2. The lowest BCUT2D eigenvalue weighted by Crippen LogP contribution is -2.28. The van der Waals surface area contributed by atoms with Gasteiger partial charge in [0, 0.05) is 0 Å². The third-order valence-electron chi connectivity index (χ3n) is 2.43. The molecule has 0 fully saturated rings. The minimum atomic E-state index is -0.387. The first kappa shape index (κ1) is 11.1. The van der Waals surface area contributed by atoms with Crippen LogP contribution in [0, 0.1) is 10.1 Å². The summed E-state index contributed by atoms with van der Waals surface area (Å²) >= 11 is 0. The molecule has 2 rings (SSSR count). The van der Waals surface area contributed by atoms with E-state index >= 15 is 0 Å². The second kappa shape index (κ2) is 5.12.